The van der Waals surface area contributed by atoms with Crippen molar-refractivity contribution in [1.29, 1.82) is 0 Å². The summed E-state index contributed by atoms with van der Waals surface area (Å²) >= 11 is 0. The highest BCUT2D eigenvalue weighted by molar-refractivity contribution is 5.94. The lowest BCUT2D eigenvalue weighted by molar-refractivity contribution is -0.142. The van der Waals surface area contributed by atoms with Crippen molar-refractivity contribution in [2.45, 2.75) is 69.6 Å². The fraction of sp³-hybridized carbons (Fsp3) is 0.577. The number of carbonyl (C=O) groups excluding carboxylic acids is 2. The highest BCUT2D eigenvalue weighted by Crippen LogP contribution is 2.62. The van der Waals surface area contributed by atoms with Gasteiger partial charge in [0.15, 0.2) is 17.3 Å². The Balaban J connectivity index is 1.26. The lowest BCUT2D eigenvalue weighted by atomic mass is 9.47. The molecule has 2 atom stereocenters. The van der Waals surface area contributed by atoms with E-state index < -0.39 is 34.8 Å². The summed E-state index contributed by atoms with van der Waals surface area (Å²) < 4.78 is 69.7. The maximum absolute atomic E-state index is 14.4. The van der Waals surface area contributed by atoms with Gasteiger partial charge in [-0.15, -0.1) is 0 Å². The van der Waals surface area contributed by atoms with Gasteiger partial charge in [0.05, 0.1) is 17.8 Å². The van der Waals surface area contributed by atoms with E-state index in [0.29, 0.717) is 50.9 Å². The van der Waals surface area contributed by atoms with Crippen LogP contribution in [-0.2, 0) is 23.9 Å². The molecule has 7 rings (SSSR count). The van der Waals surface area contributed by atoms with Gasteiger partial charge in [0, 0.05) is 24.6 Å². The molecule has 4 aliphatic carbocycles. The number of fused-ring (bicyclic) bond motifs is 1. The Morgan fingerprint density at radius 1 is 1.14 bits per heavy atom. The number of nitrogens with one attached hydrogen (secondary N) is 2. The molecule has 0 saturated heterocycles. The maximum Gasteiger partial charge on any atom is 0.419 e. The first kappa shape index (κ1) is 24.4. The molecule has 198 valence electrons. The van der Waals surface area contributed by atoms with Gasteiger partial charge >= 0.3 is 6.18 Å². The summed E-state index contributed by atoms with van der Waals surface area (Å²) in [6, 6.07) is 1.89. The van der Waals surface area contributed by atoms with Crippen molar-refractivity contribution < 1.29 is 31.5 Å². The zero-order valence-corrected chi connectivity index (χ0v) is 20.2. The molecule has 11 heteroatoms. The number of benzene rings is 1. The van der Waals surface area contributed by atoms with Crippen LogP contribution >= 0.6 is 0 Å². The number of rotatable bonds is 3. The number of carbonyl (C=O) groups is 2. The molecule has 0 unspecified atom stereocenters. The SMILES string of the molecule is CC(=O)N1CCc2c(C(=O)NC34CC5C[C@H](C3)C(c3ccc(F)c(F)c3C(F)(F)F)[C@H](C5)C4)n[nH]c2C1. The predicted octanol–water partition coefficient (Wildman–Crippen LogP) is 4.70. The monoisotopic (exact) mass is 522 g/mol. The van der Waals surface area contributed by atoms with Crippen molar-refractivity contribution >= 4 is 11.8 Å². The van der Waals surface area contributed by atoms with E-state index in [2.05, 4.69) is 15.5 Å². The number of H-pyrrole nitrogens is 1. The van der Waals surface area contributed by atoms with Crippen molar-refractivity contribution in [1.82, 2.24) is 20.4 Å². The van der Waals surface area contributed by atoms with E-state index in [1.807, 2.05) is 0 Å². The first-order valence-electron chi connectivity index (χ1n) is 12.6. The summed E-state index contributed by atoms with van der Waals surface area (Å²) in [6.07, 6.45) is -1.38. The number of amides is 2. The maximum atomic E-state index is 14.4. The second kappa shape index (κ2) is 8.26. The van der Waals surface area contributed by atoms with E-state index in [0.717, 1.165) is 29.8 Å². The van der Waals surface area contributed by atoms with Gasteiger partial charge in [-0.1, -0.05) is 6.07 Å². The topological polar surface area (TPSA) is 78.1 Å². The van der Waals surface area contributed by atoms with Crippen molar-refractivity contribution in [3.63, 3.8) is 0 Å². The molecule has 1 aromatic carbocycles. The number of halogens is 5. The van der Waals surface area contributed by atoms with Crippen molar-refractivity contribution in [3.05, 3.63) is 51.8 Å². The standard InChI is InChI=1S/C26H27F5N4O2/c1-12(36)35-5-4-16-19(11-35)33-34-23(16)24(37)32-25-8-13-6-14(9-25)20(15(7-13)10-25)17-2-3-18(27)22(28)21(17)26(29,30)31/h2-3,13-15,20H,4-11H2,1H3,(H,32,37)(H,33,34)/t13?,14-,15-,20?,25?/m1/s1. The number of hydrogen-bond donors (Lipinski definition) is 2. The second-order valence-corrected chi connectivity index (χ2v) is 11.3. The molecule has 2 amide bonds. The zero-order valence-electron chi connectivity index (χ0n) is 20.2. The third-order valence-electron chi connectivity index (χ3n) is 9.02. The van der Waals surface area contributed by atoms with Gasteiger partial charge in [-0.3, -0.25) is 14.7 Å². The molecule has 5 aliphatic rings. The fourth-order valence-corrected chi connectivity index (χ4v) is 7.89. The highest BCUT2D eigenvalue weighted by Gasteiger charge is 2.57. The molecule has 6 nitrogen and oxygen atoms in total. The molecule has 4 saturated carbocycles. The molecule has 37 heavy (non-hydrogen) atoms. The normalized spacial score (nSPS) is 30.4. The molecular formula is C26H27F5N4O2. The quantitative estimate of drug-likeness (QED) is 0.574. The molecule has 0 radical (unpaired) electrons. The third-order valence-corrected chi connectivity index (χ3v) is 9.02. The third kappa shape index (κ3) is 3.92. The van der Waals surface area contributed by atoms with E-state index >= 15 is 0 Å². The lowest BCUT2D eigenvalue weighted by Crippen LogP contribution is -2.62. The van der Waals surface area contributed by atoms with Crippen molar-refractivity contribution in [3.8, 4) is 0 Å². The van der Waals surface area contributed by atoms with Crippen LogP contribution in [0.25, 0.3) is 0 Å². The lowest BCUT2D eigenvalue weighted by Gasteiger charge is -2.60. The minimum Gasteiger partial charge on any atom is -0.345 e. The Morgan fingerprint density at radius 2 is 1.84 bits per heavy atom. The second-order valence-electron chi connectivity index (χ2n) is 11.3. The Labute approximate surface area is 210 Å². The van der Waals surface area contributed by atoms with Crippen LogP contribution in [0.3, 0.4) is 0 Å². The number of hydrogen-bond acceptors (Lipinski definition) is 3. The van der Waals surface area contributed by atoms with Crippen LogP contribution in [0.2, 0.25) is 0 Å². The first-order valence-corrected chi connectivity index (χ1v) is 12.6. The Kier molecular flexibility index (Phi) is 5.44. The van der Waals surface area contributed by atoms with Gasteiger partial charge in [-0.25, -0.2) is 8.78 Å². The summed E-state index contributed by atoms with van der Waals surface area (Å²) in [5, 5.41) is 10.3. The molecule has 2 heterocycles. The van der Waals surface area contributed by atoms with E-state index in [1.54, 1.807) is 4.90 Å². The number of alkyl halides is 3. The van der Waals surface area contributed by atoms with Crippen LogP contribution in [0.5, 0.6) is 0 Å². The van der Waals surface area contributed by atoms with E-state index in [-0.39, 0.29) is 35.1 Å². The molecule has 1 aliphatic heterocycles. The zero-order chi connectivity index (χ0) is 26.3. The minimum absolute atomic E-state index is 0.0518. The molecule has 2 aromatic rings. The summed E-state index contributed by atoms with van der Waals surface area (Å²) in [5.74, 6) is -4.34. The average molecular weight is 523 g/mol. The van der Waals surface area contributed by atoms with E-state index in [4.69, 9.17) is 0 Å². The van der Waals surface area contributed by atoms with Crippen LogP contribution in [0.15, 0.2) is 12.1 Å². The largest absolute Gasteiger partial charge is 0.419 e. The molecule has 4 fully saturated rings. The highest BCUT2D eigenvalue weighted by atomic mass is 19.4. The molecule has 0 spiro atoms. The van der Waals surface area contributed by atoms with Gasteiger partial charge in [0.2, 0.25) is 5.91 Å². The smallest absolute Gasteiger partial charge is 0.345 e. The molecule has 2 N–H and O–H groups in total. The summed E-state index contributed by atoms with van der Waals surface area (Å²) in [5.41, 5.74) is -0.411. The van der Waals surface area contributed by atoms with E-state index in [9.17, 15) is 31.5 Å². The fourth-order valence-electron chi connectivity index (χ4n) is 7.89. The van der Waals surface area contributed by atoms with Crippen LogP contribution in [0, 0.1) is 29.4 Å². The van der Waals surface area contributed by atoms with Gasteiger partial charge < -0.3 is 10.2 Å². The Hall–Kier alpha value is -2.98. The van der Waals surface area contributed by atoms with Crippen LogP contribution in [0.1, 0.15) is 77.8 Å². The average Bonchev–Trinajstić information content (AvgIpc) is 3.23. The van der Waals surface area contributed by atoms with Crippen molar-refractivity contribution in [2.24, 2.45) is 17.8 Å². The van der Waals surface area contributed by atoms with Gasteiger partial charge in [0.25, 0.3) is 5.91 Å². The van der Waals surface area contributed by atoms with Gasteiger partial charge in [-0.05, 0) is 73.8 Å². The van der Waals surface area contributed by atoms with Crippen LogP contribution in [0.4, 0.5) is 22.0 Å². The molecule has 4 bridgehead atoms. The summed E-state index contributed by atoms with van der Waals surface area (Å²) in [6.45, 7) is 2.35. The van der Waals surface area contributed by atoms with Crippen LogP contribution < -0.4 is 5.32 Å². The number of aromatic nitrogens is 2. The van der Waals surface area contributed by atoms with E-state index in [1.165, 1.54) is 6.92 Å². The Morgan fingerprint density at radius 3 is 2.49 bits per heavy atom. The summed E-state index contributed by atoms with van der Waals surface area (Å²) in [7, 11) is 0. The van der Waals surface area contributed by atoms with Crippen molar-refractivity contribution in [2.75, 3.05) is 6.54 Å². The first-order chi connectivity index (χ1) is 17.5. The number of nitrogens with zero attached hydrogens (tertiary/aromatic N) is 2. The van der Waals surface area contributed by atoms with Crippen LogP contribution in [-0.4, -0.2) is 39.0 Å². The molecule has 1 aromatic heterocycles. The minimum atomic E-state index is -5.00. The predicted molar refractivity (Wildman–Crippen MR) is 121 cm³/mol. The number of aromatic amines is 1. The Bertz CT molecular complexity index is 1270. The summed E-state index contributed by atoms with van der Waals surface area (Å²) in [4.78, 5) is 26.8. The molecular weight excluding hydrogens is 495 g/mol. The van der Waals surface area contributed by atoms with Gasteiger partial charge in [-0.2, -0.15) is 18.3 Å². The van der Waals surface area contributed by atoms with Gasteiger partial charge in [0.1, 0.15) is 0 Å².